The minimum Gasteiger partial charge on any atom is -0.326 e. The Kier molecular flexibility index (Phi) is 6.36. The van der Waals surface area contributed by atoms with Gasteiger partial charge in [-0.25, -0.2) is 13.1 Å². The Morgan fingerprint density at radius 3 is 2.19 bits per heavy atom. The fourth-order valence-electron chi connectivity index (χ4n) is 2.04. The van der Waals surface area contributed by atoms with E-state index in [-0.39, 0.29) is 10.8 Å². The number of sulfonamides is 1. The van der Waals surface area contributed by atoms with Crippen molar-refractivity contribution in [2.24, 2.45) is 0 Å². The first-order valence-corrected chi connectivity index (χ1v) is 9.47. The largest absolute Gasteiger partial charge is 0.326 e. The van der Waals surface area contributed by atoms with E-state index in [4.69, 9.17) is 11.6 Å². The molecule has 9 heteroatoms. The number of hydrogen-bond donors (Lipinski definition) is 3. The van der Waals surface area contributed by atoms with Gasteiger partial charge in [-0.3, -0.25) is 9.59 Å². The summed E-state index contributed by atoms with van der Waals surface area (Å²) >= 11 is 5.98. The standard InChI is InChI=1S/C17H18ClN3O4S/c1-11-3-4-14(9-16(11)18)21-17(23)10-19-26(24,25)15-7-5-13(6-8-15)20-12(2)22/h3-9,19H,10H2,1-2H3,(H,20,22)(H,21,23). The maximum atomic E-state index is 12.2. The van der Waals surface area contributed by atoms with Crippen molar-refractivity contribution in [1.82, 2.24) is 4.72 Å². The molecule has 2 aromatic rings. The average Bonchev–Trinajstić information content (AvgIpc) is 2.56. The van der Waals surface area contributed by atoms with Crippen LogP contribution in [0.2, 0.25) is 5.02 Å². The second-order valence-electron chi connectivity index (χ2n) is 5.54. The molecule has 0 aromatic heterocycles. The predicted octanol–water partition coefficient (Wildman–Crippen LogP) is 2.52. The Labute approximate surface area is 156 Å². The summed E-state index contributed by atoms with van der Waals surface area (Å²) in [6, 6.07) is 10.6. The third-order valence-electron chi connectivity index (χ3n) is 3.36. The molecular weight excluding hydrogens is 378 g/mol. The molecule has 0 saturated carbocycles. The van der Waals surface area contributed by atoms with Gasteiger partial charge in [-0.1, -0.05) is 17.7 Å². The van der Waals surface area contributed by atoms with Gasteiger partial charge in [-0.05, 0) is 48.9 Å². The number of benzene rings is 2. The van der Waals surface area contributed by atoms with Crippen molar-refractivity contribution in [2.45, 2.75) is 18.7 Å². The van der Waals surface area contributed by atoms with Crippen LogP contribution in [-0.4, -0.2) is 26.8 Å². The summed E-state index contributed by atoms with van der Waals surface area (Å²) in [5, 5.41) is 5.61. The molecule has 0 aliphatic rings. The van der Waals surface area contributed by atoms with Gasteiger partial charge >= 0.3 is 0 Å². The number of halogens is 1. The molecule has 0 bridgehead atoms. The smallest absolute Gasteiger partial charge is 0.241 e. The molecule has 7 nitrogen and oxygen atoms in total. The number of carbonyl (C=O) groups excluding carboxylic acids is 2. The number of rotatable bonds is 6. The highest BCUT2D eigenvalue weighted by molar-refractivity contribution is 7.89. The van der Waals surface area contributed by atoms with Crippen LogP contribution in [0.15, 0.2) is 47.4 Å². The van der Waals surface area contributed by atoms with Gasteiger partial charge in [0.15, 0.2) is 0 Å². The summed E-state index contributed by atoms with van der Waals surface area (Å²) in [5.41, 5.74) is 1.82. The average molecular weight is 396 g/mol. The van der Waals surface area contributed by atoms with Crippen LogP contribution in [0, 0.1) is 6.92 Å². The van der Waals surface area contributed by atoms with Crippen molar-refractivity contribution < 1.29 is 18.0 Å². The zero-order valence-electron chi connectivity index (χ0n) is 14.2. The van der Waals surface area contributed by atoms with Crippen LogP contribution in [0.3, 0.4) is 0 Å². The van der Waals surface area contributed by atoms with Crippen molar-refractivity contribution >= 4 is 44.8 Å². The molecule has 2 rings (SSSR count). The van der Waals surface area contributed by atoms with Gasteiger partial charge in [0.1, 0.15) is 0 Å². The fraction of sp³-hybridized carbons (Fsp3) is 0.176. The van der Waals surface area contributed by atoms with E-state index in [9.17, 15) is 18.0 Å². The molecule has 0 atom stereocenters. The first-order chi connectivity index (χ1) is 12.2. The van der Waals surface area contributed by atoms with E-state index in [2.05, 4.69) is 15.4 Å². The Balaban J connectivity index is 1.97. The van der Waals surface area contributed by atoms with E-state index in [1.165, 1.54) is 31.2 Å². The van der Waals surface area contributed by atoms with Crippen LogP contribution in [0.5, 0.6) is 0 Å². The van der Waals surface area contributed by atoms with Gasteiger partial charge in [0, 0.05) is 23.3 Å². The van der Waals surface area contributed by atoms with Gasteiger partial charge in [0.05, 0.1) is 11.4 Å². The van der Waals surface area contributed by atoms with Crippen molar-refractivity contribution in [2.75, 3.05) is 17.2 Å². The maximum absolute atomic E-state index is 12.2. The van der Waals surface area contributed by atoms with Crippen molar-refractivity contribution in [3.8, 4) is 0 Å². The van der Waals surface area contributed by atoms with Crippen LogP contribution in [-0.2, 0) is 19.6 Å². The van der Waals surface area contributed by atoms with E-state index in [0.717, 1.165) is 5.56 Å². The van der Waals surface area contributed by atoms with Gasteiger partial charge < -0.3 is 10.6 Å². The van der Waals surface area contributed by atoms with Gasteiger partial charge in [-0.15, -0.1) is 0 Å². The molecular formula is C17H18ClN3O4S. The molecule has 3 N–H and O–H groups in total. The lowest BCUT2D eigenvalue weighted by Crippen LogP contribution is -2.32. The van der Waals surface area contributed by atoms with Crippen LogP contribution in [0.25, 0.3) is 0 Å². The Hall–Kier alpha value is -2.42. The lowest BCUT2D eigenvalue weighted by atomic mass is 10.2. The first-order valence-electron chi connectivity index (χ1n) is 7.61. The Bertz CT molecular complexity index is 928. The number of amides is 2. The van der Waals surface area contributed by atoms with E-state index in [1.54, 1.807) is 18.2 Å². The molecule has 0 unspecified atom stereocenters. The lowest BCUT2D eigenvalue weighted by molar-refractivity contribution is -0.115. The minimum absolute atomic E-state index is 0.0159. The fourth-order valence-corrected chi connectivity index (χ4v) is 3.20. The molecule has 0 spiro atoms. The highest BCUT2D eigenvalue weighted by Crippen LogP contribution is 2.20. The summed E-state index contributed by atoms with van der Waals surface area (Å²) in [6.45, 7) is 2.76. The quantitative estimate of drug-likeness (QED) is 0.698. The van der Waals surface area contributed by atoms with Crippen molar-refractivity contribution in [3.63, 3.8) is 0 Å². The highest BCUT2D eigenvalue weighted by atomic mass is 35.5. The van der Waals surface area contributed by atoms with Gasteiger partial charge in [0.2, 0.25) is 21.8 Å². The molecule has 0 heterocycles. The third-order valence-corrected chi connectivity index (χ3v) is 5.19. The summed E-state index contributed by atoms with van der Waals surface area (Å²) < 4.78 is 26.7. The molecule has 138 valence electrons. The van der Waals surface area contributed by atoms with E-state index in [1.807, 2.05) is 6.92 Å². The second kappa shape index (κ2) is 8.31. The van der Waals surface area contributed by atoms with E-state index >= 15 is 0 Å². The van der Waals surface area contributed by atoms with E-state index < -0.39 is 22.5 Å². The van der Waals surface area contributed by atoms with Crippen LogP contribution < -0.4 is 15.4 Å². The van der Waals surface area contributed by atoms with Gasteiger partial charge in [-0.2, -0.15) is 0 Å². The SMILES string of the molecule is CC(=O)Nc1ccc(S(=O)(=O)NCC(=O)Nc2ccc(C)c(Cl)c2)cc1. The monoisotopic (exact) mass is 395 g/mol. The first kappa shape index (κ1) is 19.9. The van der Waals surface area contributed by atoms with Crippen molar-refractivity contribution in [1.29, 1.82) is 0 Å². The third kappa shape index (κ3) is 5.55. The zero-order valence-corrected chi connectivity index (χ0v) is 15.7. The minimum atomic E-state index is -3.86. The summed E-state index contributed by atoms with van der Waals surface area (Å²) in [4.78, 5) is 22.9. The molecule has 26 heavy (non-hydrogen) atoms. The highest BCUT2D eigenvalue weighted by Gasteiger charge is 2.15. The Morgan fingerprint density at radius 1 is 1.00 bits per heavy atom. The molecule has 0 fully saturated rings. The molecule has 0 radical (unpaired) electrons. The number of aryl methyl sites for hydroxylation is 1. The Morgan fingerprint density at radius 2 is 1.62 bits per heavy atom. The number of anilines is 2. The van der Waals surface area contributed by atoms with Gasteiger partial charge in [0.25, 0.3) is 0 Å². The number of carbonyl (C=O) groups is 2. The molecule has 2 aromatic carbocycles. The normalized spacial score (nSPS) is 11.0. The zero-order chi connectivity index (χ0) is 19.3. The molecule has 2 amide bonds. The molecule has 0 aliphatic carbocycles. The predicted molar refractivity (Wildman–Crippen MR) is 101 cm³/mol. The topological polar surface area (TPSA) is 104 Å². The molecule has 0 aliphatic heterocycles. The number of hydrogen-bond acceptors (Lipinski definition) is 4. The maximum Gasteiger partial charge on any atom is 0.241 e. The van der Waals surface area contributed by atoms with E-state index in [0.29, 0.717) is 16.4 Å². The summed E-state index contributed by atoms with van der Waals surface area (Å²) in [5.74, 6) is -0.782. The second-order valence-corrected chi connectivity index (χ2v) is 7.72. The van der Waals surface area contributed by atoms with Crippen LogP contribution >= 0.6 is 11.6 Å². The van der Waals surface area contributed by atoms with Crippen molar-refractivity contribution in [3.05, 3.63) is 53.1 Å². The summed E-state index contributed by atoms with van der Waals surface area (Å²) in [6.07, 6.45) is 0. The molecule has 0 saturated heterocycles. The van der Waals surface area contributed by atoms with Crippen LogP contribution in [0.4, 0.5) is 11.4 Å². The summed E-state index contributed by atoms with van der Waals surface area (Å²) in [7, 11) is -3.86. The number of nitrogens with one attached hydrogen (secondary N) is 3. The van der Waals surface area contributed by atoms with Crippen LogP contribution in [0.1, 0.15) is 12.5 Å². The lowest BCUT2D eigenvalue weighted by Gasteiger charge is -2.09.